The molecule has 1 unspecified atom stereocenters. The number of alkyl halides is 3. The number of hydrogen-bond donors (Lipinski definition) is 0. The van der Waals surface area contributed by atoms with Crippen LogP contribution in [-0.2, 0) is 15.8 Å². The summed E-state index contributed by atoms with van der Waals surface area (Å²) >= 11 is 6.24. The van der Waals surface area contributed by atoms with Gasteiger partial charge in [0.1, 0.15) is 5.82 Å². The van der Waals surface area contributed by atoms with Gasteiger partial charge >= 0.3 is 6.18 Å². The monoisotopic (exact) mass is 465 g/mol. The molecule has 3 nitrogen and oxygen atoms in total. The largest absolute Gasteiger partial charge is 0.418 e. The molecule has 0 aromatic heterocycles. The number of benzene rings is 2. The SMILES string of the molecule is CC1(C)CC(=O)C2=C(C1)N(c1ccccc1C(F)(F)F)C(=O)CC2c1c(F)cccc1Cl. The van der Waals surface area contributed by atoms with E-state index in [4.69, 9.17) is 11.6 Å². The van der Waals surface area contributed by atoms with Crippen molar-refractivity contribution in [3.63, 3.8) is 0 Å². The lowest BCUT2D eigenvalue weighted by Crippen LogP contribution is -2.44. The Balaban J connectivity index is 1.99. The molecule has 1 aliphatic carbocycles. The molecule has 0 spiro atoms. The fourth-order valence-corrected chi connectivity index (χ4v) is 4.99. The molecule has 1 amide bonds. The van der Waals surface area contributed by atoms with Crippen molar-refractivity contribution in [2.45, 2.75) is 45.2 Å². The minimum atomic E-state index is -4.70. The Morgan fingerprint density at radius 3 is 2.38 bits per heavy atom. The first-order chi connectivity index (χ1) is 14.9. The Morgan fingerprint density at radius 2 is 1.72 bits per heavy atom. The molecular weight excluding hydrogens is 446 g/mol. The first kappa shape index (κ1) is 22.5. The van der Waals surface area contributed by atoms with Crippen LogP contribution in [0.2, 0.25) is 5.02 Å². The summed E-state index contributed by atoms with van der Waals surface area (Å²) in [5, 5.41) is 0.0661. The van der Waals surface area contributed by atoms with Crippen LogP contribution in [0.5, 0.6) is 0 Å². The number of halogens is 5. The Labute approximate surface area is 187 Å². The highest BCUT2D eigenvalue weighted by Crippen LogP contribution is 2.51. The molecule has 8 heteroatoms. The number of ketones is 1. The van der Waals surface area contributed by atoms with Crippen molar-refractivity contribution in [3.05, 3.63) is 75.7 Å². The van der Waals surface area contributed by atoms with Crippen LogP contribution in [0.4, 0.5) is 23.2 Å². The second-order valence-corrected chi connectivity index (χ2v) is 9.34. The molecule has 2 aliphatic rings. The van der Waals surface area contributed by atoms with Crippen LogP contribution >= 0.6 is 11.6 Å². The van der Waals surface area contributed by atoms with Crippen molar-refractivity contribution in [1.29, 1.82) is 0 Å². The first-order valence-corrected chi connectivity index (χ1v) is 10.5. The zero-order chi connectivity index (χ0) is 23.4. The molecule has 0 fully saturated rings. The number of rotatable bonds is 2. The fraction of sp³-hybridized carbons (Fsp3) is 0.333. The average Bonchev–Trinajstić information content (AvgIpc) is 2.66. The van der Waals surface area contributed by atoms with Gasteiger partial charge in [-0.3, -0.25) is 14.5 Å². The third-order valence-corrected chi connectivity index (χ3v) is 6.27. The van der Waals surface area contributed by atoms with E-state index in [0.29, 0.717) is 0 Å². The number of para-hydroxylation sites is 1. The molecule has 4 rings (SSSR count). The smallest absolute Gasteiger partial charge is 0.294 e. The average molecular weight is 466 g/mol. The highest BCUT2D eigenvalue weighted by molar-refractivity contribution is 6.31. The quantitative estimate of drug-likeness (QED) is 0.465. The van der Waals surface area contributed by atoms with E-state index in [9.17, 15) is 27.2 Å². The fourth-order valence-electron chi connectivity index (χ4n) is 4.69. The lowest BCUT2D eigenvalue weighted by molar-refractivity contribution is -0.137. The third-order valence-electron chi connectivity index (χ3n) is 5.94. The summed E-state index contributed by atoms with van der Waals surface area (Å²) in [6.07, 6.45) is -4.73. The van der Waals surface area contributed by atoms with E-state index in [1.807, 2.05) is 13.8 Å². The van der Waals surface area contributed by atoms with E-state index >= 15 is 0 Å². The van der Waals surface area contributed by atoms with E-state index < -0.39 is 34.8 Å². The second kappa shape index (κ2) is 7.73. The summed E-state index contributed by atoms with van der Waals surface area (Å²) in [6, 6.07) is 8.84. The van der Waals surface area contributed by atoms with Crippen LogP contribution in [0.1, 0.15) is 50.2 Å². The van der Waals surface area contributed by atoms with Crippen LogP contribution in [0.3, 0.4) is 0 Å². The highest BCUT2D eigenvalue weighted by Gasteiger charge is 2.47. The van der Waals surface area contributed by atoms with Gasteiger partial charge in [-0.15, -0.1) is 0 Å². The number of hydrogen-bond acceptors (Lipinski definition) is 2. The van der Waals surface area contributed by atoms with Crippen LogP contribution in [0.15, 0.2) is 53.7 Å². The van der Waals surface area contributed by atoms with Crippen molar-refractivity contribution >= 4 is 29.0 Å². The summed E-state index contributed by atoms with van der Waals surface area (Å²) in [4.78, 5) is 27.5. The van der Waals surface area contributed by atoms with Crippen molar-refractivity contribution in [1.82, 2.24) is 0 Å². The number of amides is 1. The predicted octanol–water partition coefficient (Wildman–Crippen LogP) is 6.66. The van der Waals surface area contributed by atoms with Crippen molar-refractivity contribution in [3.8, 4) is 0 Å². The van der Waals surface area contributed by atoms with Gasteiger partial charge in [-0.1, -0.05) is 43.6 Å². The summed E-state index contributed by atoms with van der Waals surface area (Å²) in [7, 11) is 0. The predicted molar refractivity (Wildman–Crippen MR) is 113 cm³/mol. The van der Waals surface area contributed by atoms with Crippen LogP contribution in [-0.4, -0.2) is 11.7 Å². The molecule has 1 aliphatic heterocycles. The van der Waals surface area contributed by atoms with Gasteiger partial charge < -0.3 is 0 Å². The van der Waals surface area contributed by atoms with Gasteiger partial charge in [-0.2, -0.15) is 13.2 Å². The molecular formula is C24H20ClF4NO2. The van der Waals surface area contributed by atoms with Gasteiger partial charge in [-0.05, 0) is 36.1 Å². The Bertz CT molecular complexity index is 1130. The van der Waals surface area contributed by atoms with Crippen molar-refractivity contribution < 1.29 is 27.2 Å². The summed E-state index contributed by atoms with van der Waals surface area (Å²) < 4.78 is 56.0. The second-order valence-electron chi connectivity index (χ2n) is 8.94. The summed E-state index contributed by atoms with van der Waals surface area (Å²) in [6.45, 7) is 3.62. The maximum absolute atomic E-state index is 14.7. The Kier molecular flexibility index (Phi) is 5.44. The van der Waals surface area contributed by atoms with E-state index in [2.05, 4.69) is 0 Å². The first-order valence-electron chi connectivity index (χ1n) is 10.1. The van der Waals surface area contributed by atoms with Crippen molar-refractivity contribution in [2.24, 2.45) is 5.41 Å². The number of carbonyl (C=O) groups is 2. The lowest BCUT2D eigenvalue weighted by atomic mass is 9.69. The lowest BCUT2D eigenvalue weighted by Gasteiger charge is -2.43. The van der Waals surface area contributed by atoms with Gasteiger partial charge in [-0.25, -0.2) is 4.39 Å². The Morgan fingerprint density at radius 1 is 1.03 bits per heavy atom. The topological polar surface area (TPSA) is 37.4 Å². The van der Waals surface area contributed by atoms with Crippen LogP contribution in [0.25, 0.3) is 0 Å². The zero-order valence-corrected chi connectivity index (χ0v) is 18.1. The van der Waals surface area contributed by atoms with Crippen LogP contribution in [0, 0.1) is 11.2 Å². The van der Waals surface area contributed by atoms with E-state index in [0.717, 1.165) is 11.0 Å². The van der Waals surface area contributed by atoms with E-state index in [-0.39, 0.29) is 52.6 Å². The molecule has 168 valence electrons. The van der Waals surface area contributed by atoms with E-state index in [1.54, 1.807) is 0 Å². The summed E-state index contributed by atoms with van der Waals surface area (Å²) in [5.41, 5.74) is -1.52. The molecule has 0 N–H and O–H groups in total. The molecule has 0 saturated heterocycles. The minimum absolute atomic E-state index is 0.0202. The molecule has 32 heavy (non-hydrogen) atoms. The highest BCUT2D eigenvalue weighted by atomic mass is 35.5. The molecule has 2 aromatic carbocycles. The number of Topliss-reactive ketones (excluding diaryl/α,β-unsaturated/α-hetero) is 1. The van der Waals surface area contributed by atoms with Gasteiger partial charge in [0.15, 0.2) is 5.78 Å². The molecule has 0 saturated carbocycles. The van der Waals surface area contributed by atoms with Gasteiger partial charge in [0.2, 0.25) is 5.91 Å². The van der Waals surface area contributed by atoms with Gasteiger partial charge in [0.05, 0.1) is 11.3 Å². The maximum atomic E-state index is 14.7. The van der Waals surface area contributed by atoms with Gasteiger partial charge in [0, 0.05) is 40.6 Å². The maximum Gasteiger partial charge on any atom is 0.418 e. The Hall–Kier alpha value is -2.67. The summed E-state index contributed by atoms with van der Waals surface area (Å²) in [5.74, 6) is -2.58. The van der Waals surface area contributed by atoms with Crippen LogP contribution < -0.4 is 4.90 Å². The number of nitrogens with zero attached hydrogens (tertiary/aromatic N) is 1. The number of allylic oxidation sites excluding steroid dienone is 2. The van der Waals surface area contributed by atoms with Crippen molar-refractivity contribution in [2.75, 3.05) is 4.90 Å². The van der Waals surface area contributed by atoms with Gasteiger partial charge in [0.25, 0.3) is 0 Å². The minimum Gasteiger partial charge on any atom is -0.294 e. The standard InChI is InChI=1S/C24H20ClF4NO2/c1-23(2)11-18-22(19(31)12-23)13(21-15(25)7-5-8-16(21)26)10-20(32)30(18)17-9-4-3-6-14(17)24(27,28)29/h3-9,13H,10-12H2,1-2H3. The normalized spacial score (nSPS) is 21.1. The van der Waals surface area contributed by atoms with E-state index in [1.165, 1.54) is 36.4 Å². The number of anilines is 1. The molecule has 0 bridgehead atoms. The third kappa shape index (κ3) is 3.83. The zero-order valence-electron chi connectivity index (χ0n) is 17.4. The molecule has 2 aromatic rings. The molecule has 1 heterocycles. The molecule has 1 atom stereocenters. The number of carbonyl (C=O) groups excluding carboxylic acids is 2. The molecule has 0 radical (unpaired) electrons.